The largest absolute Gasteiger partial charge is 2.00 e. The Morgan fingerprint density at radius 1 is 0.500 bits per heavy atom. The van der Waals surface area contributed by atoms with Crippen molar-refractivity contribution in [2.75, 3.05) is 0 Å². The van der Waals surface area contributed by atoms with E-state index in [1.54, 1.807) is 0 Å². The van der Waals surface area contributed by atoms with Gasteiger partial charge in [-0.3, -0.25) is 0 Å². The van der Waals surface area contributed by atoms with E-state index < -0.39 is 0 Å². The molecule has 32 valence electrons. The number of hydrogen-bond donors (Lipinski definition) is 0. The van der Waals surface area contributed by atoms with E-state index in [0.29, 0.717) is 0 Å². The van der Waals surface area contributed by atoms with Crippen LogP contribution in [0.1, 0.15) is 0 Å². The molecule has 0 fully saturated rings. The van der Waals surface area contributed by atoms with E-state index in [0.717, 1.165) is 0 Å². The van der Waals surface area contributed by atoms with Crippen molar-refractivity contribution in [2.24, 2.45) is 0 Å². The van der Waals surface area contributed by atoms with E-state index in [4.69, 9.17) is 0 Å². The summed E-state index contributed by atoms with van der Waals surface area (Å²) < 4.78 is 0. The van der Waals surface area contributed by atoms with Gasteiger partial charge in [-0.1, -0.05) is 0 Å². The minimum atomic E-state index is 0. The van der Waals surface area contributed by atoms with Gasteiger partial charge in [0.25, 0.3) is 0 Å². The van der Waals surface area contributed by atoms with Crippen LogP contribution in [-0.4, -0.2) is 23.1 Å². The van der Waals surface area contributed by atoms with Gasteiger partial charge in [-0.25, -0.2) is 0 Å². The van der Waals surface area contributed by atoms with E-state index in [-0.39, 0.29) is 138 Å². The summed E-state index contributed by atoms with van der Waals surface area (Å²) >= 11 is 0. The molecule has 0 aromatic rings. The first-order chi connectivity index (χ1) is 0. The van der Waals surface area contributed by atoms with Gasteiger partial charge in [0.05, 0.1) is 0 Å². The van der Waals surface area contributed by atoms with Crippen molar-refractivity contribution in [3.05, 3.63) is 0 Å². The van der Waals surface area contributed by atoms with Gasteiger partial charge in [-0.2, -0.15) is 0 Å². The van der Waals surface area contributed by atoms with Crippen molar-refractivity contribution < 1.29 is 115 Å². The molecular weight excluding hydrogens is 597 g/mol. The molecule has 6 heavy (non-hydrogen) atoms. The van der Waals surface area contributed by atoms with Crippen LogP contribution in [0.15, 0.2) is 0 Å². The van der Waals surface area contributed by atoms with Crippen LogP contribution in [0.25, 0.3) is 0 Å². The van der Waals surface area contributed by atoms with Crippen LogP contribution in [0, 0.1) is 0 Å². The summed E-state index contributed by atoms with van der Waals surface area (Å²) in [6.07, 6.45) is 0. The fourth-order valence-corrected chi connectivity index (χ4v) is 0. The molecule has 0 rings (SSSR count). The third kappa shape index (κ3) is 23.9. The summed E-state index contributed by atoms with van der Waals surface area (Å²) in [5, 5.41) is 0. The third-order valence-electron chi connectivity index (χ3n) is 0. The molecular formula is I4MgZn. The van der Waals surface area contributed by atoms with Crippen molar-refractivity contribution in [1.29, 1.82) is 0 Å². The Morgan fingerprint density at radius 2 is 0.500 bits per heavy atom. The summed E-state index contributed by atoms with van der Waals surface area (Å²) in [5.41, 5.74) is 0. The molecule has 0 amide bonds. The maximum absolute atomic E-state index is 0. The number of halogens is 4. The minimum absolute atomic E-state index is 0. The first-order valence-electron chi connectivity index (χ1n) is 0. The van der Waals surface area contributed by atoms with Crippen LogP contribution in [0.5, 0.6) is 0 Å². The molecule has 0 aromatic carbocycles. The van der Waals surface area contributed by atoms with Gasteiger partial charge in [0.1, 0.15) is 0 Å². The molecule has 0 spiro atoms. The molecule has 0 heterocycles. The second kappa shape index (κ2) is 34.6. The molecule has 0 radical (unpaired) electrons. The first kappa shape index (κ1) is 48.1. The summed E-state index contributed by atoms with van der Waals surface area (Å²) in [5.74, 6) is 0. The van der Waals surface area contributed by atoms with Gasteiger partial charge in [-0.05, 0) is 0 Å². The number of rotatable bonds is 0. The van der Waals surface area contributed by atoms with Crippen molar-refractivity contribution in [2.45, 2.75) is 0 Å². The Morgan fingerprint density at radius 3 is 0.500 bits per heavy atom. The summed E-state index contributed by atoms with van der Waals surface area (Å²) in [6, 6.07) is 0. The molecule has 0 bridgehead atoms. The van der Waals surface area contributed by atoms with Crippen molar-refractivity contribution in [3.63, 3.8) is 0 Å². The van der Waals surface area contributed by atoms with E-state index in [2.05, 4.69) is 0 Å². The fourth-order valence-electron chi connectivity index (χ4n) is 0. The molecule has 0 aliphatic rings. The van der Waals surface area contributed by atoms with Gasteiger partial charge in [-0.15, -0.1) is 0 Å². The van der Waals surface area contributed by atoms with E-state index in [1.807, 2.05) is 0 Å². The molecule has 6 heteroatoms. The maximum Gasteiger partial charge on any atom is 2.00 e. The molecule has 0 saturated carbocycles. The molecule has 0 nitrogen and oxygen atoms in total. The summed E-state index contributed by atoms with van der Waals surface area (Å²) in [7, 11) is 0. The second-order valence-electron chi connectivity index (χ2n) is 0. The van der Waals surface area contributed by atoms with Crippen molar-refractivity contribution in [1.82, 2.24) is 0 Å². The Labute approximate surface area is 135 Å². The zero-order valence-electron chi connectivity index (χ0n) is 2.93. The molecule has 0 saturated heterocycles. The molecule has 0 aliphatic carbocycles. The van der Waals surface area contributed by atoms with Gasteiger partial charge in [0.15, 0.2) is 0 Å². The minimum Gasteiger partial charge on any atom is -1.00 e. The van der Waals surface area contributed by atoms with Crippen LogP contribution >= 0.6 is 0 Å². The Bertz CT molecular complexity index is 7.51. The topological polar surface area (TPSA) is 0 Å². The van der Waals surface area contributed by atoms with Crippen LogP contribution in [-0.2, 0) is 19.5 Å². The molecule has 0 aliphatic heterocycles. The van der Waals surface area contributed by atoms with Crippen molar-refractivity contribution >= 4 is 23.1 Å². The van der Waals surface area contributed by atoms with E-state index >= 15 is 0 Å². The van der Waals surface area contributed by atoms with Gasteiger partial charge >= 0.3 is 42.5 Å². The van der Waals surface area contributed by atoms with E-state index in [9.17, 15) is 0 Å². The Kier molecular flexibility index (Phi) is 278. The average Bonchev–Trinajstić information content (AvgIpc) is 0. The monoisotopic (exact) mass is 596 g/mol. The number of hydrogen-bond acceptors (Lipinski definition) is 0. The van der Waals surface area contributed by atoms with Crippen molar-refractivity contribution in [3.8, 4) is 0 Å². The van der Waals surface area contributed by atoms with E-state index in [1.165, 1.54) is 0 Å². The summed E-state index contributed by atoms with van der Waals surface area (Å²) in [6.45, 7) is 0. The molecule has 0 aromatic heterocycles. The van der Waals surface area contributed by atoms with Gasteiger partial charge in [0, 0.05) is 0 Å². The standard InChI is InChI=1S/4HI.Mg.Zn/h4*1H;;/q;;;;2*+2/p-4. The van der Waals surface area contributed by atoms with Crippen LogP contribution < -0.4 is 95.9 Å². The Balaban J connectivity index is 0. The first-order valence-corrected chi connectivity index (χ1v) is 0. The molecule has 0 N–H and O–H groups in total. The smallest absolute Gasteiger partial charge is 1.00 e. The SMILES string of the molecule is [I-].[I-].[I-].[I-].[Mg+2].[Zn+2]. The quantitative estimate of drug-likeness (QED) is 0.193. The third-order valence-corrected chi connectivity index (χ3v) is 0. The summed E-state index contributed by atoms with van der Waals surface area (Å²) in [4.78, 5) is 0. The van der Waals surface area contributed by atoms with Crippen LogP contribution in [0.2, 0.25) is 0 Å². The second-order valence-corrected chi connectivity index (χ2v) is 0. The van der Waals surface area contributed by atoms with Gasteiger partial charge < -0.3 is 95.9 Å². The molecule has 0 atom stereocenters. The zero-order chi connectivity index (χ0) is 0. The maximum atomic E-state index is 0. The zero-order valence-corrected chi connectivity index (χ0v) is 15.9. The van der Waals surface area contributed by atoms with Gasteiger partial charge in [0.2, 0.25) is 0 Å². The normalized spacial score (nSPS) is 0. The molecule has 0 unspecified atom stereocenters. The predicted molar refractivity (Wildman–Crippen MR) is 5.75 cm³/mol. The fraction of sp³-hybridized carbons (Fsp3) is 0. The predicted octanol–water partition coefficient (Wildman–Crippen LogP) is -12.4. The average molecular weight is 597 g/mol. The van der Waals surface area contributed by atoms with Crippen LogP contribution in [0.3, 0.4) is 0 Å². The van der Waals surface area contributed by atoms with Crippen LogP contribution in [0.4, 0.5) is 0 Å². The Hall–Kier alpha value is 4.31.